The zero-order valence-corrected chi connectivity index (χ0v) is 14.4. The summed E-state index contributed by atoms with van der Waals surface area (Å²) in [5.41, 5.74) is 5.44. The number of hydrogen-bond acceptors (Lipinski definition) is 3. The van der Waals surface area contributed by atoms with Gasteiger partial charge in [0.2, 0.25) is 5.91 Å². The van der Waals surface area contributed by atoms with E-state index < -0.39 is 0 Å². The molecule has 0 aromatic carbocycles. The SMILES string of the molecule is CC1CCC(C(C)C)C(OCCC(NC(C)C)C(N)=O)C1. The van der Waals surface area contributed by atoms with Gasteiger partial charge in [-0.1, -0.05) is 41.0 Å². The van der Waals surface area contributed by atoms with Gasteiger partial charge in [0, 0.05) is 12.6 Å². The molecular formula is C17H34N2O2. The molecule has 0 aromatic rings. The van der Waals surface area contributed by atoms with Gasteiger partial charge in [-0.3, -0.25) is 4.79 Å². The smallest absolute Gasteiger partial charge is 0.234 e. The van der Waals surface area contributed by atoms with E-state index in [-0.39, 0.29) is 18.0 Å². The Kier molecular flexibility index (Phi) is 7.67. The molecule has 0 saturated heterocycles. The number of hydrogen-bond donors (Lipinski definition) is 2. The van der Waals surface area contributed by atoms with Crippen molar-refractivity contribution in [3.8, 4) is 0 Å². The molecule has 1 saturated carbocycles. The lowest BCUT2D eigenvalue weighted by Crippen LogP contribution is -2.45. The van der Waals surface area contributed by atoms with Gasteiger partial charge < -0.3 is 15.8 Å². The largest absolute Gasteiger partial charge is 0.378 e. The Morgan fingerprint density at radius 2 is 1.95 bits per heavy atom. The van der Waals surface area contributed by atoms with Gasteiger partial charge in [0.1, 0.15) is 0 Å². The first-order valence-electron chi connectivity index (χ1n) is 8.48. The van der Waals surface area contributed by atoms with Crippen LogP contribution in [0.4, 0.5) is 0 Å². The highest BCUT2D eigenvalue weighted by Gasteiger charge is 2.31. The molecule has 0 radical (unpaired) electrons. The minimum absolute atomic E-state index is 0.251. The third-order valence-corrected chi connectivity index (χ3v) is 4.58. The molecule has 124 valence electrons. The Morgan fingerprint density at radius 3 is 2.48 bits per heavy atom. The van der Waals surface area contributed by atoms with E-state index in [1.165, 1.54) is 12.8 Å². The van der Waals surface area contributed by atoms with Crippen LogP contribution in [0.5, 0.6) is 0 Å². The zero-order valence-electron chi connectivity index (χ0n) is 14.4. The summed E-state index contributed by atoms with van der Waals surface area (Å²) in [7, 11) is 0. The Bertz CT molecular complexity index is 318. The molecule has 0 spiro atoms. The number of primary amides is 1. The topological polar surface area (TPSA) is 64.3 Å². The highest BCUT2D eigenvalue weighted by atomic mass is 16.5. The molecule has 0 bridgehead atoms. The summed E-state index contributed by atoms with van der Waals surface area (Å²) in [6.45, 7) is 11.5. The van der Waals surface area contributed by atoms with Gasteiger partial charge >= 0.3 is 0 Å². The molecule has 1 amide bonds. The third kappa shape index (κ3) is 6.35. The van der Waals surface area contributed by atoms with E-state index in [0.717, 1.165) is 12.3 Å². The van der Waals surface area contributed by atoms with Gasteiger partial charge in [-0.15, -0.1) is 0 Å². The van der Waals surface area contributed by atoms with E-state index in [4.69, 9.17) is 10.5 Å². The van der Waals surface area contributed by atoms with Crippen molar-refractivity contribution < 1.29 is 9.53 Å². The molecule has 0 heterocycles. The number of carbonyl (C=O) groups is 1. The van der Waals surface area contributed by atoms with Crippen LogP contribution in [-0.4, -0.2) is 30.7 Å². The van der Waals surface area contributed by atoms with Crippen LogP contribution in [0.3, 0.4) is 0 Å². The predicted octanol–water partition coefficient (Wildman–Crippen LogP) is 2.71. The molecule has 0 aromatic heterocycles. The molecule has 4 heteroatoms. The second kappa shape index (κ2) is 8.74. The summed E-state index contributed by atoms with van der Waals surface area (Å²) in [5, 5.41) is 3.21. The molecule has 3 N–H and O–H groups in total. The molecule has 4 unspecified atom stereocenters. The van der Waals surface area contributed by atoms with E-state index in [1.807, 2.05) is 13.8 Å². The minimum atomic E-state index is -0.288. The number of amides is 1. The molecular weight excluding hydrogens is 264 g/mol. The van der Waals surface area contributed by atoms with Crippen molar-refractivity contribution in [1.29, 1.82) is 0 Å². The second-order valence-corrected chi connectivity index (χ2v) is 7.30. The van der Waals surface area contributed by atoms with Gasteiger partial charge in [-0.05, 0) is 37.0 Å². The predicted molar refractivity (Wildman–Crippen MR) is 87.0 cm³/mol. The van der Waals surface area contributed by atoms with Crippen LogP contribution in [0, 0.1) is 17.8 Å². The van der Waals surface area contributed by atoms with E-state index in [0.29, 0.717) is 31.0 Å². The zero-order chi connectivity index (χ0) is 16.0. The fourth-order valence-electron chi connectivity index (χ4n) is 3.35. The van der Waals surface area contributed by atoms with Crippen molar-refractivity contribution >= 4 is 5.91 Å². The first kappa shape index (κ1) is 18.4. The Labute approximate surface area is 130 Å². The van der Waals surface area contributed by atoms with Crippen LogP contribution >= 0.6 is 0 Å². The molecule has 1 aliphatic carbocycles. The van der Waals surface area contributed by atoms with Gasteiger partial charge in [-0.2, -0.15) is 0 Å². The number of carbonyl (C=O) groups excluding carboxylic acids is 1. The van der Waals surface area contributed by atoms with Crippen molar-refractivity contribution in [2.24, 2.45) is 23.5 Å². The van der Waals surface area contributed by atoms with Crippen molar-refractivity contribution in [3.05, 3.63) is 0 Å². The van der Waals surface area contributed by atoms with Gasteiger partial charge in [0.05, 0.1) is 12.1 Å². The van der Waals surface area contributed by atoms with Gasteiger partial charge in [0.15, 0.2) is 0 Å². The summed E-state index contributed by atoms with van der Waals surface area (Å²) in [5.74, 6) is 1.75. The Balaban J connectivity index is 2.45. The van der Waals surface area contributed by atoms with Gasteiger partial charge in [0.25, 0.3) is 0 Å². The van der Waals surface area contributed by atoms with Crippen LogP contribution in [0.2, 0.25) is 0 Å². The number of rotatable bonds is 8. The lowest BCUT2D eigenvalue weighted by atomic mass is 9.75. The Hall–Kier alpha value is -0.610. The maximum Gasteiger partial charge on any atom is 0.234 e. The quantitative estimate of drug-likeness (QED) is 0.724. The van der Waals surface area contributed by atoms with Crippen LogP contribution in [0.15, 0.2) is 0 Å². The van der Waals surface area contributed by atoms with E-state index in [1.54, 1.807) is 0 Å². The van der Waals surface area contributed by atoms with E-state index in [9.17, 15) is 4.79 Å². The van der Waals surface area contributed by atoms with Crippen molar-refractivity contribution in [1.82, 2.24) is 5.32 Å². The third-order valence-electron chi connectivity index (χ3n) is 4.58. The van der Waals surface area contributed by atoms with Crippen molar-refractivity contribution in [3.63, 3.8) is 0 Å². The Morgan fingerprint density at radius 1 is 1.29 bits per heavy atom. The highest BCUT2D eigenvalue weighted by molar-refractivity contribution is 5.79. The maximum atomic E-state index is 11.4. The lowest BCUT2D eigenvalue weighted by molar-refractivity contribution is -0.121. The maximum absolute atomic E-state index is 11.4. The summed E-state index contributed by atoms with van der Waals surface area (Å²) in [4.78, 5) is 11.4. The summed E-state index contributed by atoms with van der Waals surface area (Å²) < 4.78 is 6.14. The minimum Gasteiger partial charge on any atom is -0.378 e. The molecule has 1 fully saturated rings. The average Bonchev–Trinajstić information content (AvgIpc) is 2.36. The van der Waals surface area contributed by atoms with E-state index in [2.05, 4.69) is 26.1 Å². The van der Waals surface area contributed by atoms with Crippen LogP contribution in [-0.2, 0) is 9.53 Å². The summed E-state index contributed by atoms with van der Waals surface area (Å²) in [6, 6.07) is -0.0378. The second-order valence-electron chi connectivity index (χ2n) is 7.30. The monoisotopic (exact) mass is 298 g/mol. The normalized spacial score (nSPS) is 28.0. The van der Waals surface area contributed by atoms with Crippen molar-refractivity contribution in [2.75, 3.05) is 6.61 Å². The molecule has 1 aliphatic rings. The van der Waals surface area contributed by atoms with Crippen LogP contribution < -0.4 is 11.1 Å². The van der Waals surface area contributed by atoms with Gasteiger partial charge in [-0.25, -0.2) is 0 Å². The summed E-state index contributed by atoms with van der Waals surface area (Å²) in [6.07, 6.45) is 4.70. The first-order chi connectivity index (χ1) is 9.81. The van der Waals surface area contributed by atoms with E-state index >= 15 is 0 Å². The first-order valence-corrected chi connectivity index (χ1v) is 8.48. The molecule has 4 nitrogen and oxygen atoms in total. The summed E-state index contributed by atoms with van der Waals surface area (Å²) >= 11 is 0. The highest BCUT2D eigenvalue weighted by Crippen LogP contribution is 2.35. The molecule has 0 aliphatic heterocycles. The average molecular weight is 298 g/mol. The molecule has 1 rings (SSSR count). The van der Waals surface area contributed by atoms with Crippen molar-refractivity contribution in [2.45, 2.75) is 78.5 Å². The van der Waals surface area contributed by atoms with Crippen LogP contribution in [0.1, 0.15) is 60.3 Å². The number of nitrogens with two attached hydrogens (primary N) is 1. The standard InChI is InChI=1S/C17H34N2O2/c1-11(2)14-7-6-13(5)10-16(14)21-9-8-15(17(18)20)19-12(3)4/h11-16,19H,6-10H2,1-5H3,(H2,18,20). The molecule has 4 atom stereocenters. The number of nitrogens with one attached hydrogen (secondary N) is 1. The lowest BCUT2D eigenvalue weighted by Gasteiger charge is -2.37. The fourth-order valence-corrected chi connectivity index (χ4v) is 3.35. The molecule has 21 heavy (non-hydrogen) atoms. The van der Waals surface area contributed by atoms with Crippen LogP contribution in [0.25, 0.3) is 0 Å². The fraction of sp³-hybridized carbons (Fsp3) is 0.941. The number of ether oxygens (including phenoxy) is 1.